The quantitative estimate of drug-likeness (QED) is 0.822. The van der Waals surface area contributed by atoms with Crippen molar-refractivity contribution in [3.05, 3.63) is 24.0 Å². The van der Waals surface area contributed by atoms with Gasteiger partial charge in [0, 0.05) is 4.90 Å². The van der Waals surface area contributed by atoms with Gasteiger partial charge in [-0.2, -0.15) is 0 Å². The molecule has 102 valence electrons. The van der Waals surface area contributed by atoms with Crippen LogP contribution in [0.1, 0.15) is 0 Å². The van der Waals surface area contributed by atoms with Gasteiger partial charge in [0.05, 0.1) is 18.0 Å². The predicted octanol–water partition coefficient (Wildman–Crippen LogP) is 2.50. The van der Waals surface area contributed by atoms with Crippen molar-refractivity contribution in [2.24, 2.45) is 5.73 Å². The van der Waals surface area contributed by atoms with Gasteiger partial charge in [-0.15, -0.1) is 24.2 Å². The Morgan fingerprint density at radius 3 is 2.67 bits per heavy atom. The molecule has 0 atom stereocenters. The maximum Gasteiger partial charge on any atom is 0.247 e. The number of benzene rings is 1. The van der Waals surface area contributed by atoms with Crippen molar-refractivity contribution in [3.8, 4) is 0 Å². The Labute approximate surface area is 113 Å². The number of thioether (sulfide) groups is 1. The van der Waals surface area contributed by atoms with E-state index in [2.05, 4.69) is 5.32 Å². The highest BCUT2D eigenvalue weighted by molar-refractivity contribution is 7.99. The number of alkyl halides is 2. The lowest BCUT2D eigenvalue weighted by molar-refractivity contribution is -0.114. The molecular formula is C10H12ClF3N2OS. The normalized spacial score (nSPS) is 10.1. The summed E-state index contributed by atoms with van der Waals surface area (Å²) in [5.74, 6) is -1.48. The minimum atomic E-state index is -2.47. The van der Waals surface area contributed by atoms with Gasteiger partial charge in [0.15, 0.2) is 0 Å². The first kappa shape index (κ1) is 17.1. The molecule has 3 N–H and O–H groups in total. The first-order valence-electron chi connectivity index (χ1n) is 4.73. The maximum absolute atomic E-state index is 13.0. The summed E-state index contributed by atoms with van der Waals surface area (Å²) in [5, 5.41) is 2.36. The van der Waals surface area contributed by atoms with E-state index in [9.17, 15) is 18.0 Å². The molecule has 0 aliphatic carbocycles. The van der Waals surface area contributed by atoms with E-state index in [1.165, 1.54) is 6.07 Å². The summed E-state index contributed by atoms with van der Waals surface area (Å²) in [5.41, 5.74) is 5.26. The smallest absolute Gasteiger partial charge is 0.247 e. The topological polar surface area (TPSA) is 55.1 Å². The van der Waals surface area contributed by atoms with E-state index in [-0.39, 0.29) is 24.6 Å². The Morgan fingerprint density at radius 2 is 2.11 bits per heavy atom. The number of hydrogen-bond acceptors (Lipinski definition) is 3. The molecule has 0 aromatic heterocycles. The summed E-state index contributed by atoms with van der Waals surface area (Å²) in [4.78, 5) is 11.4. The molecule has 0 aliphatic rings. The molecule has 1 aromatic carbocycles. The molecule has 0 saturated heterocycles. The molecule has 1 amide bonds. The zero-order valence-electron chi connectivity index (χ0n) is 9.16. The average Bonchev–Trinajstić information content (AvgIpc) is 2.27. The highest BCUT2D eigenvalue weighted by atomic mass is 35.5. The molecule has 3 nitrogen and oxygen atoms in total. The Balaban J connectivity index is 0.00000289. The lowest BCUT2D eigenvalue weighted by atomic mass is 10.3. The lowest BCUT2D eigenvalue weighted by Gasteiger charge is -2.10. The first-order valence-corrected chi connectivity index (χ1v) is 5.72. The minimum Gasteiger partial charge on any atom is -0.324 e. The van der Waals surface area contributed by atoms with Crippen LogP contribution in [0.5, 0.6) is 0 Å². The van der Waals surface area contributed by atoms with Gasteiger partial charge in [0.25, 0.3) is 0 Å². The van der Waals surface area contributed by atoms with Gasteiger partial charge in [-0.25, -0.2) is 13.2 Å². The van der Waals surface area contributed by atoms with Crippen LogP contribution >= 0.6 is 24.2 Å². The van der Waals surface area contributed by atoms with Crippen molar-refractivity contribution in [1.29, 1.82) is 0 Å². The van der Waals surface area contributed by atoms with Crippen LogP contribution in [0.4, 0.5) is 18.9 Å². The molecule has 0 heterocycles. The largest absolute Gasteiger partial charge is 0.324 e. The fourth-order valence-corrected chi connectivity index (χ4v) is 1.82. The van der Waals surface area contributed by atoms with Crippen molar-refractivity contribution >= 4 is 35.8 Å². The van der Waals surface area contributed by atoms with Crippen molar-refractivity contribution in [3.63, 3.8) is 0 Å². The highest BCUT2D eigenvalue weighted by Crippen LogP contribution is 2.29. The number of nitrogens with two attached hydrogens (primary N) is 1. The van der Waals surface area contributed by atoms with Gasteiger partial charge < -0.3 is 11.1 Å². The van der Waals surface area contributed by atoms with E-state index < -0.39 is 23.9 Å². The fraction of sp³-hybridized carbons (Fsp3) is 0.300. The standard InChI is InChI=1S/C10H11F3N2OS.ClH/c11-6-1-2-8(17-5-9(12)13)7(3-6)15-10(16)4-14;/h1-3,9H,4-5,14H2,(H,15,16);1H. The van der Waals surface area contributed by atoms with E-state index in [0.717, 1.165) is 23.9 Å². The van der Waals surface area contributed by atoms with Gasteiger partial charge in [0.2, 0.25) is 12.3 Å². The Hall–Kier alpha value is -0.920. The first-order chi connectivity index (χ1) is 8.02. The molecule has 18 heavy (non-hydrogen) atoms. The highest BCUT2D eigenvalue weighted by Gasteiger charge is 2.10. The van der Waals surface area contributed by atoms with Crippen LogP contribution in [0.3, 0.4) is 0 Å². The Kier molecular flexibility index (Phi) is 7.81. The number of nitrogens with one attached hydrogen (secondary N) is 1. The zero-order valence-corrected chi connectivity index (χ0v) is 10.8. The summed E-state index contributed by atoms with van der Waals surface area (Å²) in [6, 6.07) is 3.56. The molecule has 8 heteroatoms. The minimum absolute atomic E-state index is 0. The van der Waals surface area contributed by atoms with Crippen LogP contribution in [-0.4, -0.2) is 24.6 Å². The zero-order chi connectivity index (χ0) is 12.8. The van der Waals surface area contributed by atoms with Gasteiger partial charge in [-0.05, 0) is 18.2 Å². The summed E-state index contributed by atoms with van der Waals surface area (Å²) in [6.45, 7) is -0.254. The third-order valence-corrected chi connectivity index (χ3v) is 2.85. The second kappa shape index (κ2) is 8.23. The summed E-state index contributed by atoms with van der Waals surface area (Å²) < 4.78 is 37.1. The van der Waals surface area contributed by atoms with Crippen molar-refractivity contribution < 1.29 is 18.0 Å². The van der Waals surface area contributed by atoms with Crippen LogP contribution < -0.4 is 11.1 Å². The third kappa shape index (κ3) is 5.61. The summed E-state index contributed by atoms with van der Waals surface area (Å²) >= 11 is 0.844. The van der Waals surface area contributed by atoms with Gasteiger partial charge in [-0.1, -0.05) is 0 Å². The Morgan fingerprint density at radius 1 is 1.44 bits per heavy atom. The second-order valence-electron chi connectivity index (χ2n) is 3.09. The van der Waals surface area contributed by atoms with E-state index in [0.29, 0.717) is 4.90 Å². The van der Waals surface area contributed by atoms with E-state index in [1.54, 1.807) is 0 Å². The van der Waals surface area contributed by atoms with Crippen molar-refractivity contribution in [2.75, 3.05) is 17.6 Å². The number of amides is 1. The summed E-state index contributed by atoms with van der Waals surface area (Å²) in [6.07, 6.45) is -2.47. The lowest BCUT2D eigenvalue weighted by Crippen LogP contribution is -2.22. The predicted molar refractivity (Wildman–Crippen MR) is 68.1 cm³/mol. The fourth-order valence-electron chi connectivity index (χ4n) is 1.08. The number of anilines is 1. The second-order valence-corrected chi connectivity index (χ2v) is 4.16. The van der Waals surface area contributed by atoms with Gasteiger partial charge >= 0.3 is 0 Å². The third-order valence-electron chi connectivity index (χ3n) is 1.77. The molecule has 0 saturated carbocycles. The molecule has 0 aliphatic heterocycles. The number of carbonyl (C=O) groups excluding carboxylic acids is 1. The van der Waals surface area contributed by atoms with Crippen molar-refractivity contribution in [2.45, 2.75) is 11.3 Å². The van der Waals surface area contributed by atoms with Crippen LogP contribution in [0.2, 0.25) is 0 Å². The van der Waals surface area contributed by atoms with E-state index >= 15 is 0 Å². The molecule has 0 unspecified atom stereocenters. The van der Waals surface area contributed by atoms with Gasteiger partial charge in [-0.3, -0.25) is 4.79 Å². The maximum atomic E-state index is 13.0. The average molecular weight is 301 g/mol. The van der Waals surface area contributed by atoms with Crippen LogP contribution in [-0.2, 0) is 4.79 Å². The molecule has 0 fully saturated rings. The number of halogens is 4. The molecule has 1 rings (SSSR count). The molecule has 1 aromatic rings. The summed E-state index contributed by atoms with van der Waals surface area (Å²) in [7, 11) is 0. The molecule has 0 bridgehead atoms. The molecule has 0 radical (unpaired) electrons. The van der Waals surface area contributed by atoms with Crippen LogP contribution in [0.25, 0.3) is 0 Å². The van der Waals surface area contributed by atoms with Crippen molar-refractivity contribution in [1.82, 2.24) is 0 Å². The van der Waals surface area contributed by atoms with Crippen LogP contribution in [0.15, 0.2) is 23.1 Å². The number of carbonyl (C=O) groups is 1. The van der Waals surface area contributed by atoms with E-state index in [1.807, 2.05) is 0 Å². The molecule has 0 spiro atoms. The Bertz CT molecular complexity index is 407. The number of rotatable bonds is 5. The van der Waals surface area contributed by atoms with Crippen LogP contribution in [0, 0.1) is 5.82 Å². The molecular weight excluding hydrogens is 289 g/mol. The SMILES string of the molecule is Cl.NCC(=O)Nc1cc(F)ccc1SCC(F)F. The van der Waals surface area contributed by atoms with Gasteiger partial charge in [0.1, 0.15) is 5.82 Å². The monoisotopic (exact) mass is 300 g/mol. The van der Waals surface area contributed by atoms with E-state index in [4.69, 9.17) is 5.73 Å². The number of hydrogen-bond donors (Lipinski definition) is 2.